The first kappa shape index (κ1) is 21.6. The zero-order chi connectivity index (χ0) is 22.3. The van der Waals surface area contributed by atoms with E-state index in [1.54, 1.807) is 7.05 Å². The van der Waals surface area contributed by atoms with Crippen LogP contribution in [0.5, 0.6) is 0 Å². The minimum Gasteiger partial charge on any atom is -0.311 e. The third-order valence-electron chi connectivity index (χ3n) is 7.30. The number of likely N-dealkylation sites (tertiary alicyclic amines) is 1. The van der Waals surface area contributed by atoms with E-state index in [1.165, 1.54) is 33.4 Å². The van der Waals surface area contributed by atoms with Crippen LogP contribution in [-0.4, -0.2) is 71.2 Å². The molecule has 5 rings (SSSR count). The molecule has 2 atom stereocenters. The first-order chi connectivity index (χ1) is 15.4. The van der Waals surface area contributed by atoms with Crippen molar-refractivity contribution in [1.82, 2.24) is 24.3 Å². The second-order valence-electron chi connectivity index (χ2n) is 9.47. The molecule has 0 amide bonds. The summed E-state index contributed by atoms with van der Waals surface area (Å²) in [5.41, 5.74) is 1.04. The van der Waals surface area contributed by atoms with Gasteiger partial charge in [0.05, 0.1) is 24.2 Å². The number of benzene rings is 1. The molecule has 32 heavy (non-hydrogen) atoms. The summed E-state index contributed by atoms with van der Waals surface area (Å²) in [4.78, 5) is 2.57. The lowest BCUT2D eigenvalue weighted by Gasteiger charge is -2.55. The van der Waals surface area contributed by atoms with Crippen LogP contribution < -0.4 is 5.32 Å². The summed E-state index contributed by atoms with van der Waals surface area (Å²) in [6.45, 7) is 2.52. The lowest BCUT2D eigenvalue weighted by atomic mass is 9.84. The summed E-state index contributed by atoms with van der Waals surface area (Å²) in [5.74, 6) is 0.622. The van der Waals surface area contributed by atoms with Crippen LogP contribution in [0.25, 0.3) is 0 Å². The summed E-state index contributed by atoms with van der Waals surface area (Å²) in [5, 5.41) is 17.3. The Kier molecular flexibility index (Phi) is 5.58. The summed E-state index contributed by atoms with van der Waals surface area (Å²) in [6, 6.07) is 14.0. The van der Waals surface area contributed by atoms with E-state index in [1.807, 2.05) is 0 Å². The standard InChI is InChI=1S/C23H30N6O2S/c1-27-15-20(14-25-27)32(30,31)29-16-23(17-29,9-10-24)28-11-7-19(8-12-28)26-22-13-21(22)18-5-3-2-4-6-18/h2-6,14-15,19,21-22,26H,7-9,11-13,16-17H2,1H3/t21?,22-/m1/s1. The predicted molar refractivity (Wildman–Crippen MR) is 120 cm³/mol. The number of hydrogen-bond donors (Lipinski definition) is 1. The van der Waals surface area contributed by atoms with Gasteiger partial charge >= 0.3 is 0 Å². The molecule has 2 saturated heterocycles. The van der Waals surface area contributed by atoms with E-state index in [0.29, 0.717) is 37.5 Å². The highest BCUT2D eigenvalue weighted by atomic mass is 32.2. The fraction of sp³-hybridized carbons (Fsp3) is 0.565. The van der Waals surface area contributed by atoms with E-state index in [-0.39, 0.29) is 10.4 Å². The van der Waals surface area contributed by atoms with Crippen molar-refractivity contribution in [2.45, 2.75) is 54.1 Å². The summed E-state index contributed by atoms with van der Waals surface area (Å²) in [7, 11) is -1.85. The fourth-order valence-electron chi connectivity index (χ4n) is 5.30. The Balaban J connectivity index is 1.16. The molecule has 3 aliphatic rings. The highest BCUT2D eigenvalue weighted by Gasteiger charge is 2.53. The number of hydrogen-bond acceptors (Lipinski definition) is 6. The molecule has 0 bridgehead atoms. The highest BCUT2D eigenvalue weighted by molar-refractivity contribution is 7.89. The summed E-state index contributed by atoms with van der Waals surface area (Å²) < 4.78 is 28.8. The molecular weight excluding hydrogens is 424 g/mol. The maximum atomic E-state index is 12.9. The Morgan fingerprint density at radius 1 is 1.22 bits per heavy atom. The highest BCUT2D eigenvalue weighted by Crippen LogP contribution is 2.42. The first-order valence-corrected chi connectivity index (χ1v) is 12.8. The van der Waals surface area contributed by atoms with Gasteiger partial charge in [-0.25, -0.2) is 8.42 Å². The minimum atomic E-state index is -3.56. The number of aryl methyl sites for hydroxylation is 1. The molecule has 8 nitrogen and oxygen atoms in total. The Hall–Kier alpha value is -2.25. The molecule has 1 aromatic carbocycles. The third kappa shape index (κ3) is 3.97. The molecule has 0 spiro atoms. The first-order valence-electron chi connectivity index (χ1n) is 11.3. The second kappa shape index (κ2) is 8.27. The van der Waals surface area contributed by atoms with Crippen molar-refractivity contribution in [2.24, 2.45) is 7.05 Å². The van der Waals surface area contributed by atoms with Gasteiger partial charge in [-0.15, -0.1) is 0 Å². The Bertz CT molecular complexity index is 1100. The average molecular weight is 455 g/mol. The monoisotopic (exact) mass is 454 g/mol. The molecule has 1 aliphatic carbocycles. The summed E-state index contributed by atoms with van der Waals surface area (Å²) in [6.07, 6.45) is 6.52. The number of sulfonamides is 1. The zero-order valence-corrected chi connectivity index (χ0v) is 19.2. The van der Waals surface area contributed by atoms with Crippen molar-refractivity contribution in [3.8, 4) is 6.07 Å². The van der Waals surface area contributed by atoms with Crippen molar-refractivity contribution >= 4 is 10.0 Å². The maximum Gasteiger partial charge on any atom is 0.246 e. The number of rotatable bonds is 7. The van der Waals surface area contributed by atoms with E-state index in [0.717, 1.165) is 25.9 Å². The molecule has 1 N–H and O–H groups in total. The van der Waals surface area contributed by atoms with Crippen molar-refractivity contribution in [2.75, 3.05) is 26.2 Å². The van der Waals surface area contributed by atoms with Crippen LogP contribution in [0.1, 0.15) is 37.2 Å². The van der Waals surface area contributed by atoms with Crippen molar-refractivity contribution in [3.63, 3.8) is 0 Å². The molecule has 0 radical (unpaired) electrons. The van der Waals surface area contributed by atoms with Gasteiger partial charge in [0.25, 0.3) is 0 Å². The Labute approximate surface area is 189 Å². The van der Waals surface area contributed by atoms with Crippen molar-refractivity contribution < 1.29 is 8.42 Å². The molecule has 1 saturated carbocycles. The minimum absolute atomic E-state index is 0.214. The largest absolute Gasteiger partial charge is 0.311 e. The summed E-state index contributed by atoms with van der Waals surface area (Å²) >= 11 is 0. The number of aromatic nitrogens is 2. The molecule has 1 aromatic heterocycles. The van der Waals surface area contributed by atoms with Gasteiger partial charge in [-0.1, -0.05) is 30.3 Å². The van der Waals surface area contributed by atoms with Crippen LogP contribution in [0.3, 0.4) is 0 Å². The quantitative estimate of drug-likeness (QED) is 0.684. The van der Waals surface area contributed by atoms with Gasteiger partial charge < -0.3 is 5.32 Å². The Morgan fingerprint density at radius 2 is 1.94 bits per heavy atom. The lowest BCUT2D eigenvalue weighted by molar-refractivity contribution is -0.0256. The number of nitrogens with one attached hydrogen (secondary N) is 1. The van der Waals surface area contributed by atoms with E-state index in [2.05, 4.69) is 51.7 Å². The van der Waals surface area contributed by atoms with Gasteiger partial charge in [0.15, 0.2) is 0 Å². The van der Waals surface area contributed by atoms with Crippen LogP contribution in [0, 0.1) is 11.3 Å². The topological polar surface area (TPSA) is 94.3 Å². The van der Waals surface area contributed by atoms with Crippen LogP contribution in [-0.2, 0) is 17.1 Å². The maximum absolute atomic E-state index is 12.9. The average Bonchev–Trinajstić information content (AvgIpc) is 3.39. The zero-order valence-electron chi connectivity index (χ0n) is 18.4. The molecule has 2 aromatic rings. The Morgan fingerprint density at radius 3 is 2.56 bits per heavy atom. The lowest BCUT2D eigenvalue weighted by Crippen LogP contribution is -2.72. The second-order valence-corrected chi connectivity index (χ2v) is 11.4. The predicted octanol–water partition coefficient (Wildman–Crippen LogP) is 1.69. The molecule has 9 heteroatoms. The van der Waals surface area contributed by atoms with Gasteiger partial charge in [0, 0.05) is 57.4 Å². The fourth-order valence-corrected chi connectivity index (χ4v) is 6.89. The molecule has 2 aliphatic heterocycles. The van der Waals surface area contributed by atoms with Crippen molar-refractivity contribution in [3.05, 3.63) is 48.3 Å². The molecule has 3 heterocycles. The van der Waals surface area contributed by atoms with E-state index < -0.39 is 10.0 Å². The van der Waals surface area contributed by atoms with Gasteiger partial charge in [0.2, 0.25) is 10.0 Å². The van der Waals surface area contributed by atoms with Crippen LogP contribution >= 0.6 is 0 Å². The van der Waals surface area contributed by atoms with Crippen LogP contribution in [0.15, 0.2) is 47.6 Å². The van der Waals surface area contributed by atoms with Crippen LogP contribution in [0.4, 0.5) is 0 Å². The third-order valence-corrected chi connectivity index (χ3v) is 9.05. The van der Waals surface area contributed by atoms with Crippen LogP contribution in [0.2, 0.25) is 0 Å². The number of nitriles is 1. The molecule has 1 unspecified atom stereocenters. The van der Waals surface area contributed by atoms with Gasteiger partial charge in [-0.3, -0.25) is 9.58 Å². The molecule has 170 valence electrons. The smallest absolute Gasteiger partial charge is 0.246 e. The number of nitrogens with zero attached hydrogens (tertiary/aromatic N) is 5. The normalized spacial score (nSPS) is 26.4. The van der Waals surface area contributed by atoms with Gasteiger partial charge in [0.1, 0.15) is 4.90 Å². The van der Waals surface area contributed by atoms with E-state index in [9.17, 15) is 13.7 Å². The molecule has 3 fully saturated rings. The molecular formula is C23H30N6O2S. The number of piperidine rings is 1. The van der Waals surface area contributed by atoms with Gasteiger partial charge in [-0.2, -0.15) is 14.7 Å². The van der Waals surface area contributed by atoms with E-state index >= 15 is 0 Å². The van der Waals surface area contributed by atoms with Gasteiger partial charge in [-0.05, 0) is 24.8 Å². The van der Waals surface area contributed by atoms with Crippen molar-refractivity contribution in [1.29, 1.82) is 5.26 Å². The van der Waals surface area contributed by atoms with E-state index in [4.69, 9.17) is 0 Å². The SMILES string of the molecule is Cn1cc(S(=O)(=O)N2CC(CC#N)(N3CCC(N[C@@H]4CC4c4ccccc4)CC3)C2)cn1.